The molecule has 2 unspecified atom stereocenters. The summed E-state index contributed by atoms with van der Waals surface area (Å²) < 4.78 is 6.85. The van der Waals surface area contributed by atoms with Gasteiger partial charge in [0.15, 0.2) is 0 Å². The van der Waals surface area contributed by atoms with Crippen LogP contribution >= 0.6 is 0 Å². The summed E-state index contributed by atoms with van der Waals surface area (Å²) >= 11 is 0. The standard InChI is InChI=1S/C54H37NO/c1-2-13-36(14-3-1)37-27-29-38(30-28-37)39-31-33-42(34-32-39)55(50-25-11-18-41-16-5-7-20-44(41)50)51-35-49-53-47(45-23-10-17-40-15-4-6-19-43(40)45)24-12-26-52(53)56-54(49)48-22-9-8-21-46(48)51/h1-35,44,50H. The molecule has 0 saturated carbocycles. The number of allylic oxidation sites excluding steroid dienone is 5. The molecule has 2 aliphatic rings. The fraction of sp³-hybridized carbons (Fsp3) is 0.0370. The van der Waals surface area contributed by atoms with Gasteiger partial charge in [-0.25, -0.2) is 0 Å². The molecule has 0 N–H and O–H groups in total. The minimum atomic E-state index is 0.0452. The quantitative estimate of drug-likeness (QED) is 0.170. The van der Waals surface area contributed by atoms with E-state index in [1.807, 2.05) is 0 Å². The zero-order valence-electron chi connectivity index (χ0n) is 30.7. The zero-order chi connectivity index (χ0) is 37.0. The highest BCUT2D eigenvalue weighted by atomic mass is 16.3. The first-order valence-corrected chi connectivity index (χ1v) is 19.4. The van der Waals surface area contributed by atoms with Crippen molar-refractivity contribution in [1.82, 2.24) is 0 Å². The smallest absolute Gasteiger partial charge is 0.143 e. The molecule has 8 aromatic carbocycles. The maximum atomic E-state index is 6.85. The lowest BCUT2D eigenvalue weighted by Gasteiger charge is -2.39. The van der Waals surface area contributed by atoms with E-state index in [0.29, 0.717) is 0 Å². The van der Waals surface area contributed by atoms with Crippen molar-refractivity contribution in [3.8, 4) is 33.4 Å². The predicted octanol–water partition coefficient (Wildman–Crippen LogP) is 14.6. The van der Waals surface area contributed by atoms with Crippen molar-refractivity contribution < 1.29 is 4.42 Å². The fourth-order valence-corrected chi connectivity index (χ4v) is 8.98. The lowest BCUT2D eigenvalue weighted by molar-refractivity contribution is 0.641. The molecule has 0 saturated heterocycles. The van der Waals surface area contributed by atoms with Crippen LogP contribution in [0.2, 0.25) is 0 Å². The van der Waals surface area contributed by atoms with Gasteiger partial charge in [-0.1, -0.05) is 188 Å². The second-order valence-corrected chi connectivity index (χ2v) is 14.8. The molecular weight excluding hydrogens is 679 g/mol. The minimum absolute atomic E-state index is 0.0452. The SMILES string of the molecule is C1=CC2=CC=CC(N(c3ccc(-c4ccc(-c5ccccc5)cc4)cc3)c3cc4c(oc5cccc(-c6cccc7ccccc67)c54)c4ccccc34)C2C=C1. The number of hydrogen-bond acceptors (Lipinski definition) is 2. The van der Waals surface area contributed by atoms with Gasteiger partial charge < -0.3 is 9.32 Å². The molecule has 2 nitrogen and oxygen atoms in total. The molecule has 11 rings (SSSR count). The fourth-order valence-electron chi connectivity index (χ4n) is 8.98. The lowest BCUT2D eigenvalue weighted by Crippen LogP contribution is -2.37. The maximum absolute atomic E-state index is 6.85. The Hall–Kier alpha value is -7.16. The molecule has 0 fully saturated rings. The van der Waals surface area contributed by atoms with Gasteiger partial charge in [-0.2, -0.15) is 0 Å². The van der Waals surface area contributed by atoms with Crippen molar-refractivity contribution >= 4 is 54.9 Å². The van der Waals surface area contributed by atoms with Gasteiger partial charge in [0, 0.05) is 33.2 Å². The second-order valence-electron chi connectivity index (χ2n) is 14.8. The largest absolute Gasteiger partial charge is 0.455 e. The Morgan fingerprint density at radius 2 is 1.11 bits per heavy atom. The van der Waals surface area contributed by atoms with Gasteiger partial charge in [0.25, 0.3) is 0 Å². The van der Waals surface area contributed by atoms with E-state index in [4.69, 9.17) is 4.42 Å². The predicted molar refractivity (Wildman–Crippen MR) is 236 cm³/mol. The average Bonchev–Trinajstić information content (AvgIpc) is 3.66. The number of rotatable bonds is 6. The molecule has 2 atom stereocenters. The normalized spacial score (nSPS) is 16.1. The van der Waals surface area contributed by atoms with Crippen LogP contribution in [0.5, 0.6) is 0 Å². The summed E-state index contributed by atoms with van der Waals surface area (Å²) in [5.74, 6) is 0.192. The first-order chi connectivity index (χ1) is 27.8. The van der Waals surface area contributed by atoms with E-state index in [1.165, 1.54) is 49.7 Å². The molecule has 0 radical (unpaired) electrons. The lowest BCUT2D eigenvalue weighted by atomic mass is 9.82. The van der Waals surface area contributed by atoms with E-state index >= 15 is 0 Å². The van der Waals surface area contributed by atoms with E-state index in [9.17, 15) is 0 Å². The van der Waals surface area contributed by atoms with Gasteiger partial charge in [-0.05, 0) is 74.0 Å². The number of furan rings is 1. The minimum Gasteiger partial charge on any atom is -0.455 e. The van der Waals surface area contributed by atoms with E-state index in [-0.39, 0.29) is 12.0 Å². The van der Waals surface area contributed by atoms with Gasteiger partial charge in [-0.15, -0.1) is 0 Å². The van der Waals surface area contributed by atoms with Crippen molar-refractivity contribution in [3.63, 3.8) is 0 Å². The van der Waals surface area contributed by atoms with Crippen molar-refractivity contribution in [2.75, 3.05) is 4.90 Å². The second kappa shape index (κ2) is 13.3. The van der Waals surface area contributed by atoms with Gasteiger partial charge in [0.2, 0.25) is 0 Å². The molecule has 9 aromatic rings. The van der Waals surface area contributed by atoms with Crippen LogP contribution in [0.15, 0.2) is 222 Å². The topological polar surface area (TPSA) is 16.4 Å². The Balaban J connectivity index is 1.11. The molecule has 264 valence electrons. The summed E-state index contributed by atoms with van der Waals surface area (Å²) in [6.07, 6.45) is 15.8. The number of nitrogens with zero attached hydrogens (tertiary/aromatic N) is 1. The van der Waals surface area contributed by atoms with Crippen molar-refractivity contribution in [3.05, 3.63) is 218 Å². The summed E-state index contributed by atoms with van der Waals surface area (Å²) in [7, 11) is 0. The van der Waals surface area contributed by atoms with Crippen LogP contribution in [0.25, 0.3) is 76.9 Å². The van der Waals surface area contributed by atoms with Crippen LogP contribution in [0.4, 0.5) is 11.4 Å². The van der Waals surface area contributed by atoms with Crippen molar-refractivity contribution in [1.29, 1.82) is 0 Å². The maximum Gasteiger partial charge on any atom is 0.143 e. The average molecular weight is 716 g/mol. The molecule has 2 aliphatic carbocycles. The monoisotopic (exact) mass is 715 g/mol. The number of anilines is 2. The number of hydrogen-bond donors (Lipinski definition) is 0. The van der Waals surface area contributed by atoms with Gasteiger partial charge in [-0.3, -0.25) is 0 Å². The summed E-state index contributed by atoms with van der Waals surface area (Å²) in [6, 6.07) is 61.5. The Morgan fingerprint density at radius 1 is 0.464 bits per heavy atom. The first-order valence-electron chi connectivity index (χ1n) is 19.4. The highest BCUT2D eigenvalue weighted by Gasteiger charge is 2.32. The molecule has 1 aromatic heterocycles. The molecular formula is C54H37NO. The molecule has 56 heavy (non-hydrogen) atoms. The van der Waals surface area contributed by atoms with Crippen LogP contribution in [0, 0.1) is 5.92 Å². The van der Waals surface area contributed by atoms with Crippen molar-refractivity contribution in [2.45, 2.75) is 6.04 Å². The van der Waals surface area contributed by atoms with Gasteiger partial charge in [0.1, 0.15) is 11.2 Å². The zero-order valence-corrected chi connectivity index (χ0v) is 30.7. The summed E-state index contributed by atoms with van der Waals surface area (Å²) in [4.78, 5) is 2.56. The third-order valence-corrected chi connectivity index (χ3v) is 11.7. The van der Waals surface area contributed by atoms with Gasteiger partial charge >= 0.3 is 0 Å². The summed E-state index contributed by atoms with van der Waals surface area (Å²) in [5, 5.41) is 6.98. The van der Waals surface area contributed by atoms with E-state index in [2.05, 4.69) is 217 Å². The number of benzene rings is 8. The molecule has 1 heterocycles. The molecule has 0 aliphatic heterocycles. The van der Waals surface area contributed by atoms with E-state index in [0.717, 1.165) is 44.1 Å². The Kier molecular flexibility index (Phi) is 7.67. The molecule has 0 bridgehead atoms. The summed E-state index contributed by atoms with van der Waals surface area (Å²) in [5.41, 5.74) is 12.6. The van der Waals surface area contributed by atoms with Crippen LogP contribution in [-0.4, -0.2) is 6.04 Å². The summed E-state index contributed by atoms with van der Waals surface area (Å²) in [6.45, 7) is 0. The highest BCUT2D eigenvalue weighted by molar-refractivity contribution is 6.23. The van der Waals surface area contributed by atoms with Crippen LogP contribution in [0.3, 0.4) is 0 Å². The molecule has 0 amide bonds. The van der Waals surface area contributed by atoms with E-state index in [1.54, 1.807) is 0 Å². The van der Waals surface area contributed by atoms with Crippen LogP contribution < -0.4 is 4.90 Å². The third-order valence-electron chi connectivity index (χ3n) is 11.7. The van der Waals surface area contributed by atoms with Gasteiger partial charge in [0.05, 0.1) is 11.7 Å². The highest BCUT2D eigenvalue weighted by Crippen LogP contribution is 2.47. The van der Waals surface area contributed by atoms with E-state index < -0.39 is 0 Å². The Labute approximate surface area is 326 Å². The Bertz CT molecular complexity index is 3060. The van der Waals surface area contributed by atoms with Crippen LogP contribution in [0.1, 0.15) is 0 Å². The third kappa shape index (κ3) is 5.33. The van der Waals surface area contributed by atoms with Crippen molar-refractivity contribution in [2.24, 2.45) is 5.92 Å². The Morgan fingerprint density at radius 3 is 1.91 bits per heavy atom. The first kappa shape index (κ1) is 32.3. The molecule has 0 spiro atoms. The van der Waals surface area contributed by atoms with Crippen LogP contribution in [-0.2, 0) is 0 Å². The number of fused-ring (bicyclic) bond motifs is 7. The molecule has 2 heteroatoms.